The molecular formula is C36H39F2N7O4. The normalized spacial score (nSPS) is 13.8. The smallest absolute Gasteiger partial charge is 0.410 e. The van der Waals surface area contributed by atoms with Crippen molar-refractivity contribution in [1.29, 1.82) is 0 Å². The number of nitrogens with zero attached hydrogens (tertiary/aromatic N) is 6. The Morgan fingerprint density at radius 3 is 2.49 bits per heavy atom. The number of methoxy groups -OCH3 is 1. The third-order valence-corrected chi connectivity index (χ3v) is 8.26. The van der Waals surface area contributed by atoms with E-state index in [4.69, 9.17) is 29.3 Å². The molecule has 256 valence electrons. The summed E-state index contributed by atoms with van der Waals surface area (Å²) in [6.07, 6.45) is 6.08. The Bertz CT molecular complexity index is 1950. The number of carbonyl (C=O) groups is 1. The van der Waals surface area contributed by atoms with Crippen molar-refractivity contribution in [3.05, 3.63) is 83.8 Å². The number of anilines is 2. The molecule has 11 nitrogen and oxygen atoms in total. The second-order valence-corrected chi connectivity index (χ2v) is 12.8. The monoisotopic (exact) mass is 671 g/mol. The Morgan fingerprint density at radius 1 is 1.06 bits per heavy atom. The Balaban J connectivity index is 1.36. The molecule has 0 spiro atoms. The first kappa shape index (κ1) is 33.6. The van der Waals surface area contributed by atoms with Crippen LogP contribution in [0.5, 0.6) is 11.5 Å². The number of fused-ring (bicyclic) bond motifs is 1. The van der Waals surface area contributed by atoms with Gasteiger partial charge in [-0.05, 0) is 58.6 Å². The summed E-state index contributed by atoms with van der Waals surface area (Å²) in [5.74, 6) is 0.134. The molecule has 13 heteroatoms. The number of pyridine rings is 1. The molecule has 0 aliphatic carbocycles. The molecule has 1 aliphatic heterocycles. The minimum Gasteiger partial charge on any atom is -0.494 e. The van der Waals surface area contributed by atoms with Crippen molar-refractivity contribution in [3.63, 3.8) is 0 Å². The maximum absolute atomic E-state index is 15.1. The van der Waals surface area contributed by atoms with E-state index in [0.717, 1.165) is 10.9 Å². The zero-order chi connectivity index (χ0) is 34.7. The molecule has 3 aromatic heterocycles. The Labute approximate surface area is 283 Å². The summed E-state index contributed by atoms with van der Waals surface area (Å²) in [6, 6.07) is 11.6. The van der Waals surface area contributed by atoms with E-state index in [-0.39, 0.29) is 29.9 Å². The predicted octanol–water partition coefficient (Wildman–Crippen LogP) is 7.48. The average molecular weight is 672 g/mol. The van der Waals surface area contributed by atoms with Crippen LogP contribution in [0, 0.1) is 11.6 Å². The number of hydrogen-bond acceptors (Lipinski definition) is 9. The van der Waals surface area contributed by atoms with Crippen LogP contribution in [-0.4, -0.2) is 68.1 Å². The zero-order valence-corrected chi connectivity index (χ0v) is 28.2. The highest BCUT2D eigenvalue weighted by Gasteiger charge is 2.30. The van der Waals surface area contributed by atoms with E-state index < -0.39 is 17.2 Å². The van der Waals surface area contributed by atoms with Gasteiger partial charge in [0.15, 0.2) is 11.6 Å². The number of carbonyl (C=O) groups excluding carboxylic acids is 1. The van der Waals surface area contributed by atoms with Gasteiger partial charge in [0.05, 0.1) is 37.7 Å². The fraction of sp³-hybridized carbons (Fsp3) is 0.361. The molecular weight excluding hydrogens is 632 g/mol. The van der Waals surface area contributed by atoms with E-state index in [1.165, 1.54) is 12.1 Å². The molecule has 1 fully saturated rings. The van der Waals surface area contributed by atoms with Gasteiger partial charge in [0, 0.05) is 54.1 Å². The molecule has 1 amide bonds. The zero-order valence-electron chi connectivity index (χ0n) is 28.2. The lowest BCUT2D eigenvalue weighted by atomic mass is 9.90. The number of amides is 1. The van der Waals surface area contributed by atoms with E-state index in [9.17, 15) is 4.79 Å². The third-order valence-electron chi connectivity index (χ3n) is 8.26. The van der Waals surface area contributed by atoms with Crippen LogP contribution in [0.3, 0.4) is 0 Å². The lowest BCUT2D eigenvalue weighted by Crippen LogP contribution is -2.41. The molecule has 1 aliphatic rings. The molecule has 0 radical (unpaired) electrons. The van der Waals surface area contributed by atoms with Gasteiger partial charge < -0.3 is 24.4 Å². The molecule has 1 saturated heterocycles. The number of likely N-dealkylation sites (tertiary alicyclic amines) is 1. The standard InChI is InChI=1S/C36H39F2N7O4/c1-6-48-23-17-27(37)26(28(38)18-23)21-45-30-10-8-7-9-24(30)32(43-45)34-40-19-25(33(42-34)41-29-11-14-39-20-31(29)47-5)22-12-15-44(16-13-22)35(46)49-36(2,3)4/h7-11,14,17-20,22H,6,12-13,15-16,21H2,1-5H3,(H,39,40,41,42). The first-order chi connectivity index (χ1) is 23.5. The fourth-order valence-electron chi connectivity index (χ4n) is 5.92. The Hall–Kier alpha value is -5.33. The molecule has 1 N–H and O–H groups in total. The highest BCUT2D eigenvalue weighted by Crippen LogP contribution is 2.37. The largest absolute Gasteiger partial charge is 0.494 e. The SMILES string of the molecule is CCOc1cc(F)c(Cn2nc(-c3ncc(C4CCN(C(=O)OC(C)(C)C)CC4)c(Nc4ccncc4OC)n3)c3ccccc32)c(F)c1. The third kappa shape index (κ3) is 7.40. The van der Waals surface area contributed by atoms with Crippen molar-refractivity contribution in [1.82, 2.24) is 29.6 Å². The summed E-state index contributed by atoms with van der Waals surface area (Å²) in [5.41, 5.74) is 1.94. The molecule has 6 rings (SSSR count). The number of nitrogens with one attached hydrogen (secondary N) is 1. The van der Waals surface area contributed by atoms with E-state index in [0.29, 0.717) is 66.8 Å². The molecule has 0 unspecified atom stereocenters. The number of halogens is 2. The van der Waals surface area contributed by atoms with Crippen molar-refractivity contribution in [3.8, 4) is 23.0 Å². The number of piperidine rings is 1. The molecule has 0 bridgehead atoms. The minimum absolute atomic E-state index is 0.0444. The molecule has 0 saturated carbocycles. The summed E-state index contributed by atoms with van der Waals surface area (Å²) < 4.78 is 48.2. The van der Waals surface area contributed by atoms with Crippen LogP contribution in [-0.2, 0) is 11.3 Å². The Morgan fingerprint density at radius 2 is 1.80 bits per heavy atom. The number of rotatable bonds is 9. The lowest BCUT2D eigenvalue weighted by Gasteiger charge is -2.34. The van der Waals surface area contributed by atoms with Crippen molar-refractivity contribution >= 4 is 28.5 Å². The number of aromatic nitrogens is 5. The van der Waals surface area contributed by atoms with E-state index in [1.54, 1.807) is 48.3 Å². The number of ether oxygens (including phenoxy) is 3. The number of benzene rings is 2. The topological polar surface area (TPSA) is 117 Å². The first-order valence-corrected chi connectivity index (χ1v) is 16.2. The summed E-state index contributed by atoms with van der Waals surface area (Å²) in [7, 11) is 1.57. The minimum atomic E-state index is -0.722. The van der Waals surface area contributed by atoms with Crippen LogP contribution < -0.4 is 14.8 Å². The van der Waals surface area contributed by atoms with Crippen molar-refractivity contribution in [2.45, 2.75) is 58.6 Å². The first-order valence-electron chi connectivity index (χ1n) is 16.2. The van der Waals surface area contributed by atoms with Crippen LogP contribution >= 0.6 is 0 Å². The highest BCUT2D eigenvalue weighted by atomic mass is 19.1. The number of hydrogen-bond donors (Lipinski definition) is 1. The molecule has 0 atom stereocenters. The second-order valence-electron chi connectivity index (χ2n) is 12.8. The molecule has 5 aromatic rings. The summed E-state index contributed by atoms with van der Waals surface area (Å²) in [5, 5.41) is 8.93. The average Bonchev–Trinajstić information content (AvgIpc) is 3.44. The van der Waals surface area contributed by atoms with Crippen molar-refractivity contribution in [2.75, 3.05) is 32.1 Å². The summed E-state index contributed by atoms with van der Waals surface area (Å²) in [4.78, 5) is 28.4. The van der Waals surface area contributed by atoms with Crippen LogP contribution in [0.4, 0.5) is 25.1 Å². The maximum Gasteiger partial charge on any atom is 0.410 e. The fourth-order valence-corrected chi connectivity index (χ4v) is 5.92. The lowest BCUT2D eigenvalue weighted by molar-refractivity contribution is 0.0205. The van der Waals surface area contributed by atoms with Crippen LogP contribution in [0.25, 0.3) is 22.4 Å². The van der Waals surface area contributed by atoms with Crippen LogP contribution in [0.1, 0.15) is 57.6 Å². The van der Waals surface area contributed by atoms with Gasteiger partial charge in [-0.2, -0.15) is 5.10 Å². The molecule has 2 aromatic carbocycles. The van der Waals surface area contributed by atoms with Gasteiger partial charge in [0.1, 0.15) is 34.5 Å². The number of para-hydroxylation sites is 1. The van der Waals surface area contributed by atoms with Crippen molar-refractivity contribution in [2.24, 2.45) is 0 Å². The highest BCUT2D eigenvalue weighted by molar-refractivity contribution is 5.92. The van der Waals surface area contributed by atoms with Gasteiger partial charge >= 0.3 is 6.09 Å². The second kappa shape index (κ2) is 14.0. The molecule has 49 heavy (non-hydrogen) atoms. The van der Waals surface area contributed by atoms with Gasteiger partial charge in [0.2, 0.25) is 0 Å². The van der Waals surface area contributed by atoms with Gasteiger partial charge in [-0.25, -0.2) is 23.5 Å². The van der Waals surface area contributed by atoms with Crippen molar-refractivity contribution < 1.29 is 27.8 Å². The maximum atomic E-state index is 15.1. The van der Waals surface area contributed by atoms with E-state index in [1.807, 2.05) is 45.0 Å². The van der Waals surface area contributed by atoms with Gasteiger partial charge in [-0.3, -0.25) is 9.67 Å². The predicted molar refractivity (Wildman–Crippen MR) is 181 cm³/mol. The van der Waals surface area contributed by atoms with E-state index >= 15 is 8.78 Å². The molecule has 4 heterocycles. The van der Waals surface area contributed by atoms with Gasteiger partial charge in [-0.1, -0.05) is 18.2 Å². The van der Waals surface area contributed by atoms with Crippen LogP contribution in [0.2, 0.25) is 0 Å². The quantitative estimate of drug-likeness (QED) is 0.170. The van der Waals surface area contributed by atoms with Gasteiger partial charge in [-0.15, -0.1) is 0 Å². The summed E-state index contributed by atoms with van der Waals surface area (Å²) >= 11 is 0. The van der Waals surface area contributed by atoms with E-state index in [2.05, 4.69) is 10.3 Å². The summed E-state index contributed by atoms with van der Waals surface area (Å²) in [6.45, 7) is 8.48. The van der Waals surface area contributed by atoms with Crippen LogP contribution in [0.15, 0.2) is 61.1 Å². The Kier molecular flexibility index (Phi) is 9.61. The van der Waals surface area contributed by atoms with Gasteiger partial charge in [0.25, 0.3) is 0 Å².